The predicted octanol–water partition coefficient (Wildman–Crippen LogP) is -2.43. The maximum Gasteiger partial charge on any atom is 0.229 e. The van der Waals surface area contributed by atoms with E-state index in [1.807, 2.05) is 0 Å². The van der Waals surface area contributed by atoms with Crippen LogP contribution in [-0.2, 0) is 14.2 Å². The van der Waals surface area contributed by atoms with Crippen LogP contribution in [0.5, 0.6) is 23.0 Å². The molecule has 3 aliphatic rings. The van der Waals surface area contributed by atoms with Crippen molar-refractivity contribution in [3.05, 3.63) is 53.3 Å². The molecule has 0 aliphatic carbocycles. The molecule has 5 rings (SSSR count). The van der Waals surface area contributed by atoms with E-state index in [-0.39, 0.29) is 34.3 Å². The molecule has 2 aromatic carbocycles. The first kappa shape index (κ1) is 30.2. The highest BCUT2D eigenvalue weighted by atomic mass is 16.7. The largest absolute Gasteiger partial charge is 0.508 e. The average molecular weight is 597 g/mol. The Labute approximate surface area is 238 Å². The van der Waals surface area contributed by atoms with E-state index in [2.05, 4.69) is 0 Å². The van der Waals surface area contributed by atoms with Gasteiger partial charge in [-0.1, -0.05) is 12.1 Å². The second kappa shape index (κ2) is 12.2. The van der Waals surface area contributed by atoms with Crippen molar-refractivity contribution < 1.29 is 74.7 Å². The van der Waals surface area contributed by atoms with Crippen LogP contribution in [0.15, 0.2) is 42.2 Å². The van der Waals surface area contributed by atoms with E-state index in [0.717, 1.165) is 6.07 Å². The maximum atomic E-state index is 10.6. The topological polar surface area (TPSA) is 248 Å². The van der Waals surface area contributed by atoms with E-state index in [0.29, 0.717) is 5.56 Å². The highest BCUT2D eigenvalue weighted by Gasteiger charge is 2.47. The van der Waals surface area contributed by atoms with E-state index in [9.17, 15) is 51.1 Å². The number of fused-ring (bicyclic) bond motifs is 1. The summed E-state index contributed by atoms with van der Waals surface area (Å²) in [6.07, 6.45) is -15.7. The summed E-state index contributed by atoms with van der Waals surface area (Å²) in [6, 6.07) is 8.20. The fraction of sp³-hybridized carbons (Fsp3) is 0.481. The smallest absolute Gasteiger partial charge is 0.229 e. The molecule has 2 aromatic rings. The third kappa shape index (κ3) is 5.71. The minimum Gasteiger partial charge on any atom is -0.508 e. The summed E-state index contributed by atoms with van der Waals surface area (Å²) in [5, 5.41) is 101. The van der Waals surface area contributed by atoms with Crippen molar-refractivity contribution in [1.29, 1.82) is 0 Å². The van der Waals surface area contributed by atoms with E-state index in [1.54, 1.807) is 0 Å². The molecule has 230 valence electrons. The Morgan fingerprint density at radius 2 is 1.19 bits per heavy atom. The minimum atomic E-state index is -1.76. The standard InChI is InChI=1S/C27H32O15/c28-8-17-19(32)21(34)23(36)26(41-17)39-15-6-12(31)5-14-13(15)7-16(25(38-14)10-1-3-11(30)4-2-10)40-27-24(37)22(35)20(33)18(9-29)42-27/h1-7,17-37H,8-9H2/t17-,18-,19-,20-,21+,22+,23-,24-,25?,26+,27+/m1/s1. The van der Waals surface area contributed by atoms with Gasteiger partial charge in [0, 0.05) is 17.7 Å². The lowest BCUT2D eigenvalue weighted by atomic mass is 9.98. The Morgan fingerprint density at radius 1 is 0.643 bits per heavy atom. The summed E-state index contributed by atoms with van der Waals surface area (Å²) in [7, 11) is 0. The van der Waals surface area contributed by atoms with Crippen molar-refractivity contribution in [3.63, 3.8) is 0 Å². The molecule has 0 aromatic heterocycles. The molecular weight excluding hydrogens is 564 g/mol. The maximum absolute atomic E-state index is 10.6. The van der Waals surface area contributed by atoms with Crippen LogP contribution >= 0.6 is 0 Å². The van der Waals surface area contributed by atoms with Gasteiger partial charge in [0.25, 0.3) is 0 Å². The van der Waals surface area contributed by atoms with Crippen LogP contribution in [-0.4, -0.2) is 126 Å². The summed E-state index contributed by atoms with van der Waals surface area (Å²) >= 11 is 0. The van der Waals surface area contributed by atoms with Gasteiger partial charge in [0.2, 0.25) is 12.6 Å². The molecule has 2 saturated heterocycles. The number of rotatable bonds is 7. The van der Waals surface area contributed by atoms with Crippen LogP contribution < -0.4 is 9.47 Å². The number of aliphatic hydroxyl groups is 8. The van der Waals surface area contributed by atoms with Crippen LogP contribution in [0, 0.1) is 0 Å². The Bertz CT molecular complexity index is 1260. The average Bonchev–Trinajstić information content (AvgIpc) is 2.98. The highest BCUT2D eigenvalue weighted by Crippen LogP contribution is 2.45. The number of hydrogen-bond donors (Lipinski definition) is 10. The number of phenols is 2. The van der Waals surface area contributed by atoms with Crippen LogP contribution in [0.2, 0.25) is 0 Å². The first-order valence-electron chi connectivity index (χ1n) is 13.0. The summed E-state index contributed by atoms with van der Waals surface area (Å²) in [5.74, 6) is -0.503. The Hall–Kier alpha value is -3.22. The van der Waals surface area contributed by atoms with E-state index in [1.165, 1.54) is 36.4 Å². The molecule has 0 bridgehead atoms. The number of hydrogen-bond acceptors (Lipinski definition) is 15. The molecule has 0 spiro atoms. The second-order valence-corrected chi connectivity index (χ2v) is 10.1. The van der Waals surface area contributed by atoms with Gasteiger partial charge in [0.1, 0.15) is 77.6 Å². The normalized spacial score (nSPS) is 36.4. The van der Waals surface area contributed by atoms with Crippen LogP contribution in [0.3, 0.4) is 0 Å². The fourth-order valence-corrected chi connectivity index (χ4v) is 4.89. The molecule has 3 heterocycles. The van der Waals surface area contributed by atoms with Gasteiger partial charge in [0.05, 0.1) is 18.8 Å². The first-order chi connectivity index (χ1) is 20.0. The van der Waals surface area contributed by atoms with Gasteiger partial charge in [-0.25, -0.2) is 0 Å². The number of ether oxygens (including phenoxy) is 5. The number of aromatic hydroxyl groups is 2. The third-order valence-electron chi connectivity index (χ3n) is 7.27. The Balaban J connectivity index is 1.53. The summed E-state index contributed by atoms with van der Waals surface area (Å²) in [4.78, 5) is 0. The lowest BCUT2D eigenvalue weighted by Crippen LogP contribution is -2.60. The second-order valence-electron chi connectivity index (χ2n) is 10.1. The summed E-state index contributed by atoms with van der Waals surface area (Å²) in [6.45, 7) is -1.39. The van der Waals surface area contributed by atoms with Crippen LogP contribution in [0.1, 0.15) is 17.2 Å². The Kier molecular flexibility index (Phi) is 8.77. The van der Waals surface area contributed by atoms with Gasteiger partial charge in [0.15, 0.2) is 6.10 Å². The highest BCUT2D eigenvalue weighted by molar-refractivity contribution is 5.70. The molecule has 15 nitrogen and oxygen atoms in total. The molecule has 15 heteroatoms. The molecular formula is C27H32O15. The molecule has 1 unspecified atom stereocenters. The molecule has 0 amide bonds. The zero-order valence-electron chi connectivity index (χ0n) is 21.8. The monoisotopic (exact) mass is 596 g/mol. The van der Waals surface area contributed by atoms with Gasteiger partial charge in [-0.05, 0) is 18.2 Å². The zero-order valence-corrected chi connectivity index (χ0v) is 21.8. The summed E-state index contributed by atoms with van der Waals surface area (Å²) in [5.41, 5.74) is 0.563. The lowest BCUT2D eigenvalue weighted by Gasteiger charge is -2.41. The van der Waals surface area contributed by atoms with Gasteiger partial charge >= 0.3 is 0 Å². The molecule has 10 N–H and O–H groups in total. The quantitative estimate of drug-likeness (QED) is 0.160. The molecule has 0 radical (unpaired) electrons. The zero-order chi connectivity index (χ0) is 30.3. The minimum absolute atomic E-state index is 0.0387. The van der Waals surface area contributed by atoms with Gasteiger partial charge < -0.3 is 74.7 Å². The van der Waals surface area contributed by atoms with E-state index < -0.39 is 80.7 Å². The van der Waals surface area contributed by atoms with E-state index in [4.69, 9.17) is 23.7 Å². The predicted molar refractivity (Wildman–Crippen MR) is 137 cm³/mol. The van der Waals surface area contributed by atoms with Crippen molar-refractivity contribution in [2.45, 2.75) is 67.5 Å². The number of aliphatic hydroxyl groups excluding tert-OH is 8. The molecule has 42 heavy (non-hydrogen) atoms. The van der Waals surface area contributed by atoms with Crippen molar-refractivity contribution in [2.75, 3.05) is 13.2 Å². The molecule has 0 saturated carbocycles. The van der Waals surface area contributed by atoms with Gasteiger partial charge in [-0.15, -0.1) is 0 Å². The van der Waals surface area contributed by atoms with Crippen molar-refractivity contribution in [1.82, 2.24) is 0 Å². The SMILES string of the molecule is OC[C@H]1O[C@H](OC2=Cc3c(cc(O)cc3O[C@H]3O[C@H](CO)[C@@H](O)[C@H](O)[C@H]3O)OC2c2ccc(O)cc2)[C@H](O)[C@@H](O)[C@@H]1O. The number of phenolic OH excluding ortho intramolecular Hbond substituents is 2. The fourth-order valence-electron chi connectivity index (χ4n) is 4.89. The molecule has 11 atom stereocenters. The third-order valence-corrected chi connectivity index (χ3v) is 7.27. The van der Waals surface area contributed by atoms with E-state index >= 15 is 0 Å². The van der Waals surface area contributed by atoms with Crippen molar-refractivity contribution >= 4 is 6.08 Å². The van der Waals surface area contributed by atoms with Gasteiger partial charge in [-0.2, -0.15) is 0 Å². The first-order valence-corrected chi connectivity index (χ1v) is 13.0. The number of benzene rings is 2. The van der Waals surface area contributed by atoms with Crippen LogP contribution in [0.4, 0.5) is 0 Å². The van der Waals surface area contributed by atoms with Gasteiger partial charge in [-0.3, -0.25) is 0 Å². The van der Waals surface area contributed by atoms with Crippen molar-refractivity contribution in [2.24, 2.45) is 0 Å². The Morgan fingerprint density at radius 3 is 1.74 bits per heavy atom. The molecule has 2 fully saturated rings. The lowest BCUT2D eigenvalue weighted by molar-refractivity contribution is -0.293. The van der Waals surface area contributed by atoms with Crippen LogP contribution in [0.25, 0.3) is 6.08 Å². The van der Waals surface area contributed by atoms with Crippen molar-refractivity contribution in [3.8, 4) is 23.0 Å². The molecule has 3 aliphatic heterocycles. The summed E-state index contributed by atoms with van der Waals surface area (Å²) < 4.78 is 28.7.